The van der Waals surface area contributed by atoms with Crippen LogP contribution in [0.3, 0.4) is 0 Å². The van der Waals surface area contributed by atoms with Crippen LogP contribution in [-0.2, 0) is 28.9 Å². The third kappa shape index (κ3) is 3.25. The SMILES string of the molecule is COC(=O)c1c(NC(=O)C[n+]2cc(=O)o[nH]2)sc2c1CCC(C)C2. The smallest absolute Gasteiger partial charge is 0.426 e. The number of nitrogens with one attached hydrogen (secondary N) is 2. The van der Waals surface area contributed by atoms with E-state index in [2.05, 4.69) is 22.0 Å². The lowest BCUT2D eigenvalue weighted by atomic mass is 9.88. The average Bonchev–Trinajstić information content (AvgIpc) is 3.09. The summed E-state index contributed by atoms with van der Waals surface area (Å²) in [5.41, 5.74) is 0.853. The van der Waals surface area contributed by atoms with Crippen LogP contribution >= 0.6 is 11.3 Å². The van der Waals surface area contributed by atoms with Gasteiger partial charge in [0.15, 0.2) is 0 Å². The van der Waals surface area contributed by atoms with Crippen molar-refractivity contribution in [1.29, 1.82) is 0 Å². The Hall–Kier alpha value is -2.42. The number of nitrogens with zero attached hydrogens (tertiary/aromatic N) is 1. The monoisotopic (exact) mass is 352 g/mol. The van der Waals surface area contributed by atoms with Gasteiger partial charge in [0.2, 0.25) is 0 Å². The molecule has 2 aromatic heterocycles. The molecule has 1 aliphatic rings. The lowest BCUT2D eigenvalue weighted by molar-refractivity contribution is -0.750. The van der Waals surface area contributed by atoms with Crippen molar-refractivity contribution in [3.63, 3.8) is 0 Å². The van der Waals surface area contributed by atoms with Crippen molar-refractivity contribution in [2.75, 3.05) is 12.4 Å². The molecule has 0 spiro atoms. The van der Waals surface area contributed by atoms with Crippen LogP contribution in [0.4, 0.5) is 5.00 Å². The molecule has 0 saturated carbocycles. The predicted molar refractivity (Wildman–Crippen MR) is 85.0 cm³/mol. The van der Waals surface area contributed by atoms with Crippen LogP contribution in [0, 0.1) is 5.92 Å². The maximum absolute atomic E-state index is 12.2. The zero-order chi connectivity index (χ0) is 17.3. The first kappa shape index (κ1) is 16.4. The van der Waals surface area contributed by atoms with E-state index in [1.165, 1.54) is 23.1 Å². The Morgan fingerprint density at radius 3 is 3.00 bits per heavy atom. The van der Waals surface area contributed by atoms with E-state index in [0.717, 1.165) is 35.9 Å². The number of hydrogen-bond donors (Lipinski definition) is 2. The zero-order valence-corrected chi connectivity index (χ0v) is 14.2. The topological polar surface area (TPSA) is 105 Å². The lowest BCUT2D eigenvalue weighted by Gasteiger charge is -2.18. The molecule has 1 atom stereocenters. The number of thiophene rings is 1. The Morgan fingerprint density at radius 1 is 1.54 bits per heavy atom. The van der Waals surface area contributed by atoms with Crippen molar-refractivity contribution in [3.05, 3.63) is 32.6 Å². The molecule has 1 aliphatic carbocycles. The van der Waals surface area contributed by atoms with Crippen molar-refractivity contribution in [3.8, 4) is 0 Å². The molecule has 0 saturated heterocycles. The summed E-state index contributed by atoms with van der Waals surface area (Å²) in [6.07, 6.45) is 3.84. The standard InChI is InChI=1S/C15H17N3O5S/c1-8-3-4-9-10(5-8)24-14(13(9)15(21)22-2)16-11(19)6-18-7-12(20)23-17-18/h7-8H,3-6H2,1-2H3,(H-,16,17,19,20,21)/p+1. The van der Waals surface area contributed by atoms with E-state index >= 15 is 0 Å². The number of carbonyl (C=O) groups is 2. The van der Waals surface area contributed by atoms with Gasteiger partial charge in [0, 0.05) is 4.88 Å². The summed E-state index contributed by atoms with van der Waals surface area (Å²) in [4.78, 5) is 36.4. The van der Waals surface area contributed by atoms with E-state index in [1.807, 2.05) is 0 Å². The highest BCUT2D eigenvalue weighted by Crippen LogP contribution is 2.39. The Morgan fingerprint density at radius 2 is 2.33 bits per heavy atom. The van der Waals surface area contributed by atoms with Gasteiger partial charge in [-0.1, -0.05) is 11.6 Å². The fourth-order valence-electron chi connectivity index (χ4n) is 2.84. The minimum absolute atomic E-state index is 0.120. The molecule has 1 unspecified atom stereocenters. The van der Waals surface area contributed by atoms with Crippen LogP contribution in [-0.4, -0.2) is 24.3 Å². The van der Waals surface area contributed by atoms with Crippen LogP contribution in [0.2, 0.25) is 0 Å². The molecule has 0 aliphatic heterocycles. The van der Waals surface area contributed by atoms with Gasteiger partial charge in [-0.2, -0.15) is 0 Å². The van der Waals surface area contributed by atoms with Crippen LogP contribution < -0.4 is 15.6 Å². The molecule has 24 heavy (non-hydrogen) atoms. The minimum Gasteiger partial charge on any atom is -0.465 e. The number of fused-ring (bicyclic) bond motifs is 1. The highest BCUT2D eigenvalue weighted by atomic mass is 32.1. The quantitative estimate of drug-likeness (QED) is 0.627. The fourth-order valence-corrected chi connectivity index (χ4v) is 4.25. The number of aromatic amines is 1. The van der Waals surface area contributed by atoms with E-state index in [4.69, 9.17) is 4.74 Å². The molecule has 3 rings (SSSR count). The zero-order valence-electron chi connectivity index (χ0n) is 13.4. The van der Waals surface area contributed by atoms with Crippen molar-refractivity contribution in [2.24, 2.45) is 5.92 Å². The van der Waals surface area contributed by atoms with Crippen LogP contribution in [0.15, 0.2) is 15.5 Å². The highest BCUT2D eigenvalue weighted by Gasteiger charge is 2.29. The molecule has 8 nitrogen and oxygen atoms in total. The second-order valence-electron chi connectivity index (χ2n) is 5.87. The molecule has 2 heterocycles. The number of ether oxygens (including phenoxy) is 1. The second-order valence-corrected chi connectivity index (χ2v) is 6.97. The van der Waals surface area contributed by atoms with Gasteiger partial charge < -0.3 is 10.1 Å². The van der Waals surface area contributed by atoms with Crippen molar-refractivity contribution < 1.29 is 23.5 Å². The van der Waals surface area contributed by atoms with E-state index < -0.39 is 11.6 Å². The van der Waals surface area contributed by atoms with E-state index in [9.17, 15) is 14.4 Å². The summed E-state index contributed by atoms with van der Waals surface area (Å²) >= 11 is 1.42. The molecule has 0 bridgehead atoms. The van der Waals surface area contributed by atoms with Crippen molar-refractivity contribution >= 4 is 28.2 Å². The summed E-state index contributed by atoms with van der Waals surface area (Å²) in [6, 6.07) is 0. The molecular formula is C15H18N3O5S+. The van der Waals surface area contributed by atoms with Crippen molar-refractivity contribution in [1.82, 2.24) is 5.27 Å². The molecular weight excluding hydrogens is 334 g/mol. The Balaban J connectivity index is 1.85. The number of rotatable bonds is 4. The first-order valence-corrected chi connectivity index (χ1v) is 8.40. The Kier molecular flexibility index (Phi) is 4.52. The van der Waals surface area contributed by atoms with Gasteiger partial charge in [0.25, 0.3) is 18.6 Å². The minimum atomic E-state index is -0.571. The first-order chi connectivity index (χ1) is 11.5. The maximum Gasteiger partial charge on any atom is 0.426 e. The number of amides is 1. The lowest BCUT2D eigenvalue weighted by Crippen LogP contribution is -2.41. The summed E-state index contributed by atoms with van der Waals surface area (Å²) < 4.78 is 10.6. The second kappa shape index (κ2) is 6.60. The summed E-state index contributed by atoms with van der Waals surface area (Å²) in [5, 5.41) is 5.55. The van der Waals surface area contributed by atoms with E-state index in [1.54, 1.807) is 0 Å². The van der Waals surface area contributed by atoms with Gasteiger partial charge in [-0.05, 0) is 36.0 Å². The van der Waals surface area contributed by atoms with Crippen molar-refractivity contribution in [2.45, 2.75) is 32.7 Å². The number of aromatic nitrogens is 2. The van der Waals surface area contributed by atoms with Crippen LogP contribution in [0.5, 0.6) is 0 Å². The molecule has 9 heteroatoms. The van der Waals surface area contributed by atoms with E-state index in [-0.39, 0.29) is 12.5 Å². The number of carbonyl (C=O) groups excluding carboxylic acids is 2. The first-order valence-electron chi connectivity index (χ1n) is 7.58. The Bertz CT molecular complexity index is 835. The third-order valence-electron chi connectivity index (χ3n) is 3.99. The normalized spacial score (nSPS) is 16.5. The average molecular weight is 352 g/mol. The Labute approximate surface area is 141 Å². The molecule has 128 valence electrons. The number of esters is 1. The summed E-state index contributed by atoms with van der Waals surface area (Å²) in [5.74, 6) is -0.257. The molecule has 0 fully saturated rings. The predicted octanol–water partition coefficient (Wildman–Crippen LogP) is 0.867. The summed E-state index contributed by atoms with van der Waals surface area (Å²) in [6.45, 7) is 2.05. The van der Waals surface area contributed by atoms with Gasteiger partial charge in [0.1, 0.15) is 5.00 Å². The number of hydrogen-bond acceptors (Lipinski definition) is 6. The molecule has 2 aromatic rings. The van der Waals surface area contributed by atoms with E-state index in [0.29, 0.717) is 16.5 Å². The number of anilines is 1. The van der Waals surface area contributed by atoms with Gasteiger partial charge in [-0.25, -0.2) is 9.59 Å². The fraction of sp³-hybridized carbons (Fsp3) is 0.467. The van der Waals surface area contributed by atoms with Gasteiger partial charge in [-0.3, -0.25) is 9.32 Å². The van der Waals surface area contributed by atoms with Gasteiger partial charge >= 0.3 is 11.6 Å². The molecule has 1 amide bonds. The van der Waals surface area contributed by atoms with Crippen LogP contribution in [0.1, 0.15) is 34.1 Å². The van der Waals surface area contributed by atoms with Crippen LogP contribution in [0.25, 0.3) is 0 Å². The summed E-state index contributed by atoms with van der Waals surface area (Å²) in [7, 11) is 1.33. The number of H-pyrrole nitrogens is 1. The highest BCUT2D eigenvalue weighted by molar-refractivity contribution is 7.17. The molecule has 2 N–H and O–H groups in total. The molecule has 0 radical (unpaired) electrons. The molecule has 0 aromatic carbocycles. The van der Waals surface area contributed by atoms with Gasteiger partial charge in [-0.15, -0.1) is 11.3 Å². The largest absolute Gasteiger partial charge is 0.465 e. The van der Waals surface area contributed by atoms with Gasteiger partial charge in [0.05, 0.1) is 12.7 Å². The maximum atomic E-state index is 12.2. The third-order valence-corrected chi connectivity index (χ3v) is 5.16. The number of methoxy groups -OCH3 is 1.